The van der Waals surface area contributed by atoms with Gasteiger partial charge in [-0.3, -0.25) is 4.98 Å². The number of nitrogens with two attached hydrogens (primary N) is 1. The van der Waals surface area contributed by atoms with E-state index in [2.05, 4.69) is 31.5 Å². The Hall–Kier alpha value is -2.93. The molecule has 0 spiro atoms. The number of rotatable bonds is 4. The first-order valence-electron chi connectivity index (χ1n) is 7.95. The van der Waals surface area contributed by atoms with Gasteiger partial charge in [0.15, 0.2) is 0 Å². The van der Waals surface area contributed by atoms with Crippen molar-refractivity contribution in [1.29, 1.82) is 0 Å². The Labute approximate surface area is 149 Å². The second kappa shape index (κ2) is 6.18. The summed E-state index contributed by atoms with van der Waals surface area (Å²) in [5.74, 6) is 0.910. The smallest absolute Gasteiger partial charge is 0.235 e. The Balaban J connectivity index is 2.05. The summed E-state index contributed by atoms with van der Waals surface area (Å²) in [5.41, 5.74) is 9.49. The van der Waals surface area contributed by atoms with Gasteiger partial charge in [-0.1, -0.05) is 36.7 Å². The first-order valence-corrected chi connectivity index (χ1v) is 8.33. The Morgan fingerprint density at radius 1 is 1.16 bits per heavy atom. The second-order valence-corrected chi connectivity index (χ2v) is 6.04. The monoisotopic (exact) mass is 353 g/mol. The number of nitrogens with zero attached hydrogens (tertiary/aromatic N) is 6. The number of nitrogen functional groups attached to an aromatic ring is 1. The van der Waals surface area contributed by atoms with Gasteiger partial charge in [0.25, 0.3) is 0 Å². The number of aromatic nitrogens is 6. The summed E-state index contributed by atoms with van der Waals surface area (Å²) in [5, 5.41) is 4.86. The van der Waals surface area contributed by atoms with Crippen molar-refractivity contribution in [2.75, 3.05) is 5.73 Å². The largest absolute Gasteiger partial charge is 0.368 e. The average molecular weight is 354 g/mol. The van der Waals surface area contributed by atoms with Gasteiger partial charge in [-0.05, 0) is 12.5 Å². The number of imidazole rings is 1. The molecule has 0 saturated heterocycles. The number of aryl methyl sites for hydroxylation is 1. The fourth-order valence-corrected chi connectivity index (χ4v) is 3.19. The molecule has 4 aromatic rings. The Bertz CT molecular complexity index is 1050. The summed E-state index contributed by atoms with van der Waals surface area (Å²) in [6, 6.07) is 7.71. The zero-order valence-electron chi connectivity index (χ0n) is 13.6. The van der Waals surface area contributed by atoms with Crippen LogP contribution in [0.1, 0.15) is 13.3 Å². The van der Waals surface area contributed by atoms with Gasteiger partial charge in [0.2, 0.25) is 11.9 Å². The van der Waals surface area contributed by atoms with Crippen LogP contribution in [-0.4, -0.2) is 29.3 Å². The number of pyridine rings is 1. The molecule has 0 amide bonds. The summed E-state index contributed by atoms with van der Waals surface area (Å²) < 4.78 is 3.62. The Morgan fingerprint density at radius 3 is 2.72 bits per heavy atom. The van der Waals surface area contributed by atoms with E-state index in [1.165, 1.54) is 11.0 Å². The minimum absolute atomic E-state index is 0.292. The summed E-state index contributed by atoms with van der Waals surface area (Å²) in [4.78, 5) is 13.0. The van der Waals surface area contributed by atoms with Crippen LogP contribution in [0, 0.1) is 0 Å². The van der Waals surface area contributed by atoms with Crippen molar-refractivity contribution < 1.29 is 0 Å². The first-order chi connectivity index (χ1) is 12.2. The molecule has 0 saturated carbocycles. The highest BCUT2D eigenvalue weighted by atomic mass is 35.5. The van der Waals surface area contributed by atoms with Crippen molar-refractivity contribution in [1.82, 2.24) is 29.3 Å². The van der Waals surface area contributed by atoms with E-state index in [1.54, 1.807) is 6.20 Å². The average Bonchev–Trinajstić information content (AvgIpc) is 3.19. The minimum atomic E-state index is 0.292. The molecule has 0 bridgehead atoms. The highest BCUT2D eigenvalue weighted by molar-refractivity contribution is 6.33. The van der Waals surface area contributed by atoms with Gasteiger partial charge >= 0.3 is 0 Å². The van der Waals surface area contributed by atoms with Crippen molar-refractivity contribution in [2.45, 2.75) is 19.9 Å². The maximum atomic E-state index is 6.42. The molecule has 4 rings (SSSR count). The molecule has 3 heterocycles. The summed E-state index contributed by atoms with van der Waals surface area (Å²) >= 11 is 6.42. The molecule has 1 aromatic carbocycles. The normalized spacial score (nSPS) is 11.3. The van der Waals surface area contributed by atoms with Crippen molar-refractivity contribution in [3.05, 3.63) is 48.0 Å². The maximum Gasteiger partial charge on any atom is 0.235 e. The molecule has 0 atom stereocenters. The van der Waals surface area contributed by atoms with E-state index >= 15 is 0 Å². The standard InChI is InChI=1S/C17H16ClN7/c1-2-7-24-15-12(11-5-3-4-6-13(11)18)8-20-9-14(15)23-17(24)25-16(19)21-10-22-25/h3-6,8-10H,2,7H2,1H3,(H2,19,21,22). The third-order valence-corrected chi connectivity index (χ3v) is 4.33. The van der Waals surface area contributed by atoms with Crippen molar-refractivity contribution in [3.8, 4) is 17.1 Å². The highest BCUT2D eigenvalue weighted by Crippen LogP contribution is 2.34. The Morgan fingerprint density at radius 2 is 2.00 bits per heavy atom. The zero-order valence-corrected chi connectivity index (χ0v) is 14.4. The lowest BCUT2D eigenvalue weighted by molar-refractivity contribution is 0.654. The molecular formula is C17H16ClN7. The summed E-state index contributed by atoms with van der Waals surface area (Å²) in [6.07, 6.45) is 5.89. The molecule has 0 radical (unpaired) electrons. The summed E-state index contributed by atoms with van der Waals surface area (Å²) in [6.45, 7) is 2.86. The molecule has 0 unspecified atom stereocenters. The number of benzene rings is 1. The van der Waals surface area contributed by atoms with Crippen molar-refractivity contribution in [3.63, 3.8) is 0 Å². The quantitative estimate of drug-likeness (QED) is 0.608. The van der Waals surface area contributed by atoms with Crippen LogP contribution in [0.5, 0.6) is 0 Å². The minimum Gasteiger partial charge on any atom is -0.368 e. The van der Waals surface area contributed by atoms with Crippen LogP contribution >= 0.6 is 11.6 Å². The predicted molar refractivity (Wildman–Crippen MR) is 97.6 cm³/mol. The molecule has 0 aliphatic carbocycles. The van der Waals surface area contributed by atoms with E-state index in [-0.39, 0.29) is 0 Å². The number of fused-ring (bicyclic) bond motifs is 1. The topological polar surface area (TPSA) is 87.4 Å². The number of halogens is 1. The van der Waals surface area contributed by atoms with Gasteiger partial charge in [0.05, 0.1) is 11.7 Å². The molecule has 7 nitrogen and oxygen atoms in total. The van der Waals surface area contributed by atoms with E-state index in [0.29, 0.717) is 16.9 Å². The number of hydrogen-bond acceptors (Lipinski definition) is 5. The van der Waals surface area contributed by atoms with Crippen LogP contribution in [-0.2, 0) is 6.54 Å². The molecule has 25 heavy (non-hydrogen) atoms. The molecule has 126 valence electrons. The van der Waals surface area contributed by atoms with Crippen LogP contribution in [0.3, 0.4) is 0 Å². The van der Waals surface area contributed by atoms with Gasteiger partial charge in [-0.15, -0.1) is 0 Å². The zero-order chi connectivity index (χ0) is 17.4. The summed E-state index contributed by atoms with van der Waals surface area (Å²) in [7, 11) is 0. The molecular weight excluding hydrogens is 338 g/mol. The van der Waals surface area contributed by atoms with E-state index in [9.17, 15) is 0 Å². The fraction of sp³-hybridized carbons (Fsp3) is 0.176. The van der Waals surface area contributed by atoms with Gasteiger partial charge in [-0.2, -0.15) is 14.8 Å². The van der Waals surface area contributed by atoms with E-state index in [1.807, 2.05) is 30.5 Å². The van der Waals surface area contributed by atoms with Gasteiger partial charge in [0, 0.05) is 28.9 Å². The van der Waals surface area contributed by atoms with Crippen molar-refractivity contribution >= 4 is 28.6 Å². The van der Waals surface area contributed by atoms with E-state index < -0.39 is 0 Å². The number of hydrogen-bond donors (Lipinski definition) is 1. The van der Waals surface area contributed by atoms with Gasteiger partial charge in [-0.25, -0.2) is 4.98 Å². The number of anilines is 1. The molecule has 2 N–H and O–H groups in total. The Kier molecular flexibility index (Phi) is 3.85. The van der Waals surface area contributed by atoms with Crippen LogP contribution in [0.2, 0.25) is 5.02 Å². The van der Waals surface area contributed by atoms with Crippen LogP contribution in [0.15, 0.2) is 43.0 Å². The third kappa shape index (κ3) is 2.53. The predicted octanol–water partition coefficient (Wildman–Crippen LogP) is 3.32. The van der Waals surface area contributed by atoms with E-state index in [0.717, 1.165) is 35.1 Å². The molecule has 0 aliphatic heterocycles. The molecule has 0 fully saturated rings. The lowest BCUT2D eigenvalue weighted by atomic mass is 10.1. The van der Waals surface area contributed by atoms with Crippen LogP contribution in [0.4, 0.5) is 5.95 Å². The first kappa shape index (κ1) is 15.6. The lowest BCUT2D eigenvalue weighted by Gasteiger charge is -2.11. The van der Waals surface area contributed by atoms with Crippen molar-refractivity contribution in [2.24, 2.45) is 0 Å². The van der Waals surface area contributed by atoms with Gasteiger partial charge in [0.1, 0.15) is 11.8 Å². The molecule has 3 aromatic heterocycles. The van der Waals surface area contributed by atoms with Crippen LogP contribution < -0.4 is 5.73 Å². The lowest BCUT2D eigenvalue weighted by Crippen LogP contribution is -2.11. The molecule has 0 aliphatic rings. The van der Waals surface area contributed by atoms with Gasteiger partial charge < -0.3 is 10.3 Å². The van der Waals surface area contributed by atoms with Crippen LogP contribution in [0.25, 0.3) is 28.1 Å². The van der Waals surface area contributed by atoms with E-state index in [4.69, 9.17) is 17.3 Å². The fourth-order valence-electron chi connectivity index (χ4n) is 2.95. The second-order valence-electron chi connectivity index (χ2n) is 5.63. The molecule has 8 heteroatoms. The SMILES string of the molecule is CCCn1c(-n2ncnc2N)nc2cncc(-c3ccccc3Cl)c21. The highest BCUT2D eigenvalue weighted by Gasteiger charge is 2.19. The maximum absolute atomic E-state index is 6.42. The third-order valence-electron chi connectivity index (χ3n) is 4.00.